The molecule has 0 radical (unpaired) electrons. The Morgan fingerprint density at radius 1 is 1.06 bits per heavy atom. The maximum Gasteiger partial charge on any atom is 0.251 e. The molecule has 2 aromatic rings. The molecule has 0 aromatic heterocycles. The number of benzene rings is 2. The van der Waals surface area contributed by atoms with E-state index in [0.29, 0.717) is 12.1 Å². The van der Waals surface area contributed by atoms with Crippen LogP contribution in [0.3, 0.4) is 0 Å². The summed E-state index contributed by atoms with van der Waals surface area (Å²) < 4.78 is 31.1. The van der Waals surface area contributed by atoms with Crippen molar-refractivity contribution in [3.63, 3.8) is 0 Å². The Labute approximate surface area is 200 Å². The molecule has 0 saturated carbocycles. The van der Waals surface area contributed by atoms with Crippen molar-refractivity contribution in [3.05, 3.63) is 59.7 Å². The molecule has 1 atom stereocenters. The van der Waals surface area contributed by atoms with Crippen molar-refractivity contribution >= 4 is 27.5 Å². The fraction of sp³-hybridized carbons (Fsp3) is 0.440. The van der Waals surface area contributed by atoms with Crippen LogP contribution < -0.4 is 14.4 Å². The van der Waals surface area contributed by atoms with E-state index < -0.39 is 21.3 Å². The van der Waals surface area contributed by atoms with E-state index in [4.69, 9.17) is 4.74 Å². The lowest BCUT2D eigenvalue weighted by atomic mass is 9.95. The lowest BCUT2D eigenvalue weighted by Gasteiger charge is -2.28. The van der Waals surface area contributed by atoms with E-state index in [2.05, 4.69) is 10.2 Å². The van der Waals surface area contributed by atoms with Gasteiger partial charge in [-0.1, -0.05) is 12.1 Å². The van der Waals surface area contributed by atoms with Crippen LogP contribution in [-0.4, -0.2) is 57.6 Å². The quantitative estimate of drug-likeness (QED) is 0.648. The number of rotatable bonds is 7. The summed E-state index contributed by atoms with van der Waals surface area (Å²) in [6, 6.07) is 14.1. The lowest BCUT2D eigenvalue weighted by Crippen LogP contribution is -2.37. The molecule has 2 saturated heterocycles. The maximum absolute atomic E-state index is 12.9. The van der Waals surface area contributed by atoms with Gasteiger partial charge in [0.1, 0.15) is 5.75 Å². The summed E-state index contributed by atoms with van der Waals surface area (Å²) in [5.74, 6) is -0.155. The molecule has 2 aliphatic heterocycles. The van der Waals surface area contributed by atoms with E-state index >= 15 is 0 Å². The van der Waals surface area contributed by atoms with Crippen LogP contribution in [-0.2, 0) is 14.8 Å². The predicted octanol–water partition coefficient (Wildman–Crippen LogP) is 2.96. The van der Waals surface area contributed by atoms with Crippen LogP contribution in [0.4, 0.5) is 5.69 Å². The highest BCUT2D eigenvalue weighted by Gasteiger charge is 2.49. The minimum Gasteiger partial charge on any atom is -0.497 e. The van der Waals surface area contributed by atoms with Gasteiger partial charge < -0.3 is 10.1 Å². The summed E-state index contributed by atoms with van der Waals surface area (Å²) in [5, 5.41) is 3.02. The second-order valence-corrected chi connectivity index (χ2v) is 11.3. The van der Waals surface area contributed by atoms with Crippen molar-refractivity contribution in [2.45, 2.75) is 32.7 Å². The number of nitrogens with zero attached hydrogens (tertiary/aromatic N) is 2. The number of amides is 2. The first kappa shape index (κ1) is 24.2. The minimum absolute atomic E-state index is 0.0474. The zero-order valence-corrected chi connectivity index (χ0v) is 20.6. The van der Waals surface area contributed by atoms with E-state index in [0.717, 1.165) is 41.5 Å². The van der Waals surface area contributed by atoms with E-state index in [9.17, 15) is 18.0 Å². The van der Waals surface area contributed by atoms with E-state index in [-0.39, 0.29) is 23.4 Å². The zero-order chi connectivity index (χ0) is 24.5. The number of hydrogen-bond donors (Lipinski definition) is 1. The molecule has 34 heavy (non-hydrogen) atoms. The van der Waals surface area contributed by atoms with E-state index in [1.54, 1.807) is 33.1 Å². The molecule has 0 aliphatic carbocycles. The van der Waals surface area contributed by atoms with Gasteiger partial charge in [-0.15, -0.1) is 0 Å². The van der Waals surface area contributed by atoms with Crippen LogP contribution in [0.5, 0.6) is 5.75 Å². The lowest BCUT2D eigenvalue weighted by molar-refractivity contribution is -0.123. The number of ether oxygens (including phenoxy) is 1. The number of hydrogen-bond acceptors (Lipinski definition) is 6. The van der Waals surface area contributed by atoms with Gasteiger partial charge in [0, 0.05) is 12.1 Å². The number of carbonyl (C=O) groups excluding carboxylic acids is 2. The Kier molecular flexibility index (Phi) is 6.69. The van der Waals surface area contributed by atoms with Crippen LogP contribution in [0.15, 0.2) is 48.5 Å². The van der Waals surface area contributed by atoms with Gasteiger partial charge in [0.2, 0.25) is 15.9 Å². The van der Waals surface area contributed by atoms with Crippen molar-refractivity contribution in [3.8, 4) is 5.75 Å². The number of methoxy groups -OCH3 is 1. The standard InChI is InChI=1S/C25H31N3O5S/c1-25(2)17-34(31,32)28(24(25)30)20-10-6-19(7-11-20)23(29)26-16-22(27-14-4-5-15-27)18-8-12-21(33-3)13-9-18/h6-13,22H,4-5,14-17H2,1-3H3,(H,26,29). The molecular formula is C25H31N3O5S. The van der Waals surface area contributed by atoms with Gasteiger partial charge in [-0.05, 0) is 81.7 Å². The number of nitrogens with one attached hydrogen (secondary N) is 1. The summed E-state index contributed by atoms with van der Waals surface area (Å²) in [6.45, 7) is 5.65. The molecular weight excluding hydrogens is 454 g/mol. The molecule has 182 valence electrons. The smallest absolute Gasteiger partial charge is 0.251 e. The molecule has 0 bridgehead atoms. The molecule has 0 spiro atoms. The van der Waals surface area contributed by atoms with Crippen LogP contribution >= 0.6 is 0 Å². The third-order valence-corrected chi connectivity index (χ3v) is 8.51. The zero-order valence-electron chi connectivity index (χ0n) is 19.8. The van der Waals surface area contributed by atoms with Crippen LogP contribution in [0.2, 0.25) is 0 Å². The molecule has 2 aliphatic rings. The molecule has 2 heterocycles. The molecule has 2 amide bonds. The summed E-state index contributed by atoms with van der Waals surface area (Å²) in [7, 11) is -2.09. The van der Waals surface area contributed by atoms with Crippen LogP contribution in [0, 0.1) is 5.41 Å². The molecule has 2 aromatic carbocycles. The maximum atomic E-state index is 12.9. The fourth-order valence-electron chi connectivity index (χ4n) is 4.64. The van der Waals surface area contributed by atoms with Crippen molar-refractivity contribution in [2.24, 2.45) is 5.41 Å². The highest BCUT2D eigenvalue weighted by molar-refractivity contribution is 7.94. The van der Waals surface area contributed by atoms with Gasteiger partial charge in [-0.2, -0.15) is 0 Å². The number of likely N-dealkylation sites (tertiary alicyclic amines) is 1. The van der Waals surface area contributed by atoms with E-state index in [1.165, 1.54) is 12.1 Å². The van der Waals surface area contributed by atoms with Gasteiger partial charge in [0.05, 0.1) is 30.0 Å². The summed E-state index contributed by atoms with van der Waals surface area (Å²) >= 11 is 0. The third kappa shape index (κ3) is 4.81. The molecule has 8 nitrogen and oxygen atoms in total. The SMILES string of the molecule is COc1ccc(C(CNC(=O)c2ccc(N3C(=O)C(C)(C)CS3(=O)=O)cc2)N2CCCC2)cc1. The van der Waals surface area contributed by atoms with Gasteiger partial charge in [-0.3, -0.25) is 14.5 Å². The largest absolute Gasteiger partial charge is 0.497 e. The molecule has 9 heteroatoms. The highest BCUT2D eigenvalue weighted by Crippen LogP contribution is 2.35. The Hall–Kier alpha value is -2.91. The average Bonchev–Trinajstić information content (AvgIpc) is 3.38. The molecule has 1 unspecified atom stereocenters. The molecule has 4 rings (SSSR count). The monoisotopic (exact) mass is 485 g/mol. The summed E-state index contributed by atoms with van der Waals surface area (Å²) in [6.07, 6.45) is 2.27. The molecule has 2 fully saturated rings. The average molecular weight is 486 g/mol. The number of sulfonamides is 1. The first-order valence-corrected chi connectivity index (χ1v) is 13.1. The highest BCUT2D eigenvalue weighted by atomic mass is 32.2. The Balaban J connectivity index is 1.46. The minimum atomic E-state index is -3.73. The van der Waals surface area contributed by atoms with Gasteiger partial charge in [0.25, 0.3) is 5.91 Å². The number of anilines is 1. The second kappa shape index (κ2) is 9.38. The van der Waals surface area contributed by atoms with Crippen molar-refractivity contribution in [1.82, 2.24) is 10.2 Å². The summed E-state index contributed by atoms with van der Waals surface area (Å²) in [5.41, 5.74) is 0.793. The predicted molar refractivity (Wildman–Crippen MR) is 130 cm³/mol. The number of carbonyl (C=O) groups is 2. The molecule has 1 N–H and O–H groups in total. The topological polar surface area (TPSA) is 96.0 Å². The fourth-order valence-corrected chi connectivity index (χ4v) is 6.75. The Morgan fingerprint density at radius 3 is 2.21 bits per heavy atom. The third-order valence-electron chi connectivity index (χ3n) is 6.49. The Bertz CT molecular complexity index is 1150. The van der Waals surface area contributed by atoms with Gasteiger partial charge >= 0.3 is 0 Å². The second-order valence-electron chi connectivity index (χ2n) is 9.50. The van der Waals surface area contributed by atoms with Crippen LogP contribution in [0.25, 0.3) is 0 Å². The van der Waals surface area contributed by atoms with Crippen molar-refractivity contribution in [1.29, 1.82) is 0 Å². The van der Waals surface area contributed by atoms with Crippen molar-refractivity contribution < 1.29 is 22.7 Å². The van der Waals surface area contributed by atoms with Gasteiger partial charge in [0.15, 0.2) is 0 Å². The van der Waals surface area contributed by atoms with Gasteiger partial charge in [-0.25, -0.2) is 12.7 Å². The summed E-state index contributed by atoms with van der Waals surface area (Å²) in [4.78, 5) is 27.8. The first-order valence-electron chi connectivity index (χ1n) is 11.5. The van der Waals surface area contributed by atoms with E-state index in [1.807, 2.05) is 24.3 Å². The Morgan fingerprint density at radius 2 is 1.68 bits per heavy atom. The van der Waals surface area contributed by atoms with Crippen LogP contribution in [0.1, 0.15) is 48.7 Å². The normalized spacial score (nSPS) is 20.3. The van der Waals surface area contributed by atoms with Crippen molar-refractivity contribution in [2.75, 3.05) is 36.8 Å². The first-order chi connectivity index (χ1) is 16.1.